The van der Waals surface area contributed by atoms with Gasteiger partial charge in [0.2, 0.25) is 0 Å². The molecule has 2 aromatic rings. The zero-order valence-corrected chi connectivity index (χ0v) is 14.8. The van der Waals surface area contributed by atoms with Gasteiger partial charge in [-0.2, -0.15) is 0 Å². The molecule has 20 heavy (non-hydrogen) atoms. The topological polar surface area (TPSA) is 35.5 Å². The minimum Gasteiger partial charge on any atom is -0.429 e. The maximum atomic E-state index is 11.5. The number of carbonyl (C=O) groups excluding carboxylic acids is 1. The molecule has 0 unspecified atom stereocenters. The van der Waals surface area contributed by atoms with Crippen LogP contribution >= 0.6 is 45.2 Å². The van der Waals surface area contributed by atoms with Gasteiger partial charge >= 0.3 is 6.16 Å². The summed E-state index contributed by atoms with van der Waals surface area (Å²) in [4.78, 5) is 11.5. The third-order valence-corrected chi connectivity index (χ3v) is 3.98. The van der Waals surface area contributed by atoms with Gasteiger partial charge < -0.3 is 9.47 Å². The van der Waals surface area contributed by atoms with Crippen LogP contribution in [-0.2, 0) is 22.7 Å². The van der Waals surface area contributed by atoms with Crippen molar-refractivity contribution in [3.05, 3.63) is 66.8 Å². The lowest BCUT2D eigenvalue weighted by Gasteiger charge is -2.06. The van der Waals surface area contributed by atoms with E-state index in [1.807, 2.05) is 48.5 Å². The molecule has 0 saturated heterocycles. The summed E-state index contributed by atoms with van der Waals surface area (Å²) >= 11 is 4.45. The van der Waals surface area contributed by atoms with Crippen LogP contribution in [0, 0.1) is 7.14 Å². The molecule has 0 aromatic heterocycles. The van der Waals surface area contributed by atoms with Gasteiger partial charge in [-0.05, 0) is 80.6 Å². The van der Waals surface area contributed by atoms with Gasteiger partial charge in [-0.15, -0.1) is 0 Å². The zero-order valence-electron chi connectivity index (χ0n) is 10.5. The van der Waals surface area contributed by atoms with E-state index in [0.29, 0.717) is 0 Å². The van der Waals surface area contributed by atoms with Gasteiger partial charge in [0.1, 0.15) is 13.2 Å². The number of rotatable bonds is 4. The summed E-state index contributed by atoms with van der Waals surface area (Å²) in [6.07, 6.45) is -0.651. The molecule has 0 heterocycles. The Morgan fingerprint density at radius 2 is 1.10 bits per heavy atom. The average Bonchev–Trinajstić information content (AvgIpc) is 2.46. The van der Waals surface area contributed by atoms with Crippen LogP contribution in [0.1, 0.15) is 11.1 Å². The Bertz CT molecular complexity index is 513. The summed E-state index contributed by atoms with van der Waals surface area (Å²) in [6, 6.07) is 15.6. The fourth-order valence-corrected chi connectivity index (χ4v) is 2.21. The van der Waals surface area contributed by atoms with Crippen LogP contribution in [0.25, 0.3) is 0 Å². The van der Waals surface area contributed by atoms with E-state index in [9.17, 15) is 4.79 Å². The predicted octanol–water partition coefficient (Wildman–Crippen LogP) is 4.75. The van der Waals surface area contributed by atoms with E-state index in [0.717, 1.165) is 18.3 Å². The summed E-state index contributed by atoms with van der Waals surface area (Å²) in [5.41, 5.74) is 1.88. The number of hydrogen-bond acceptors (Lipinski definition) is 3. The van der Waals surface area contributed by atoms with Crippen molar-refractivity contribution >= 4 is 51.3 Å². The molecule has 3 nitrogen and oxygen atoms in total. The van der Waals surface area contributed by atoms with Gasteiger partial charge in [-0.25, -0.2) is 4.79 Å². The first-order valence-electron chi connectivity index (χ1n) is 5.92. The van der Waals surface area contributed by atoms with Crippen LogP contribution in [-0.4, -0.2) is 6.16 Å². The lowest BCUT2D eigenvalue weighted by atomic mass is 10.2. The Kier molecular flexibility index (Phi) is 6.08. The number of halogens is 2. The van der Waals surface area contributed by atoms with E-state index in [4.69, 9.17) is 9.47 Å². The number of hydrogen-bond donors (Lipinski definition) is 0. The first-order valence-corrected chi connectivity index (χ1v) is 8.08. The van der Waals surface area contributed by atoms with Gasteiger partial charge in [0, 0.05) is 7.14 Å². The van der Waals surface area contributed by atoms with Crippen molar-refractivity contribution in [2.45, 2.75) is 13.2 Å². The lowest BCUT2D eigenvalue weighted by Crippen LogP contribution is -2.07. The van der Waals surface area contributed by atoms with Crippen LogP contribution in [0.3, 0.4) is 0 Å². The maximum absolute atomic E-state index is 11.5. The van der Waals surface area contributed by atoms with Crippen LogP contribution in [0.15, 0.2) is 48.5 Å². The molecule has 0 saturated carbocycles. The highest BCUT2D eigenvalue weighted by molar-refractivity contribution is 14.1. The monoisotopic (exact) mass is 494 g/mol. The maximum Gasteiger partial charge on any atom is 0.508 e. The molecule has 0 aliphatic rings. The third kappa shape index (κ3) is 5.28. The molecule has 0 bridgehead atoms. The largest absolute Gasteiger partial charge is 0.508 e. The second-order valence-electron chi connectivity index (χ2n) is 4.08. The second kappa shape index (κ2) is 7.82. The first-order chi connectivity index (χ1) is 9.63. The first kappa shape index (κ1) is 15.6. The molecule has 0 amide bonds. The molecule has 0 aliphatic carbocycles. The molecule has 0 radical (unpaired) electrons. The van der Waals surface area contributed by atoms with Crippen molar-refractivity contribution in [3.63, 3.8) is 0 Å². The molecule has 104 valence electrons. The van der Waals surface area contributed by atoms with Crippen molar-refractivity contribution < 1.29 is 14.3 Å². The Morgan fingerprint density at radius 3 is 1.45 bits per heavy atom. The third-order valence-electron chi connectivity index (χ3n) is 2.54. The second-order valence-corrected chi connectivity index (χ2v) is 6.57. The summed E-state index contributed by atoms with van der Waals surface area (Å²) in [5, 5.41) is 0. The van der Waals surface area contributed by atoms with Gasteiger partial charge in [-0.3, -0.25) is 0 Å². The molecule has 2 aromatic carbocycles. The molecule has 0 aliphatic heterocycles. The quantitative estimate of drug-likeness (QED) is 0.455. The van der Waals surface area contributed by atoms with E-state index in [1.54, 1.807) is 0 Å². The molecule has 5 heteroatoms. The highest BCUT2D eigenvalue weighted by Crippen LogP contribution is 2.10. The van der Waals surface area contributed by atoms with E-state index in [1.165, 1.54) is 0 Å². The lowest BCUT2D eigenvalue weighted by molar-refractivity contribution is 0.0446. The highest BCUT2D eigenvalue weighted by Gasteiger charge is 2.05. The smallest absolute Gasteiger partial charge is 0.429 e. The molecular weight excluding hydrogens is 482 g/mol. The average molecular weight is 494 g/mol. The molecule has 0 N–H and O–H groups in total. The predicted molar refractivity (Wildman–Crippen MR) is 93.3 cm³/mol. The van der Waals surface area contributed by atoms with Crippen molar-refractivity contribution in [2.24, 2.45) is 0 Å². The zero-order chi connectivity index (χ0) is 14.4. The van der Waals surface area contributed by atoms with E-state index in [-0.39, 0.29) is 13.2 Å². The highest BCUT2D eigenvalue weighted by atomic mass is 127. The minimum atomic E-state index is -0.651. The Labute approximate surface area is 144 Å². The minimum absolute atomic E-state index is 0.225. The van der Waals surface area contributed by atoms with Crippen LogP contribution in [0.2, 0.25) is 0 Å². The Morgan fingerprint density at radius 1 is 0.750 bits per heavy atom. The molecular formula is C15H12I2O3. The summed E-state index contributed by atoms with van der Waals surface area (Å²) < 4.78 is 12.4. The van der Waals surface area contributed by atoms with Crippen molar-refractivity contribution in [1.29, 1.82) is 0 Å². The normalized spacial score (nSPS) is 10.1. The standard InChI is InChI=1S/C15H12I2O3/c16-13-5-1-11(2-6-13)9-19-15(18)20-10-12-3-7-14(17)8-4-12/h1-8H,9-10H2. The number of benzene rings is 2. The Hall–Kier alpha value is -0.830. The van der Waals surface area contributed by atoms with Crippen molar-refractivity contribution in [1.82, 2.24) is 0 Å². The molecule has 0 spiro atoms. The number of carbonyl (C=O) groups is 1. The van der Waals surface area contributed by atoms with Crippen LogP contribution in [0.5, 0.6) is 0 Å². The fraction of sp³-hybridized carbons (Fsp3) is 0.133. The van der Waals surface area contributed by atoms with E-state index < -0.39 is 6.16 Å². The molecule has 2 rings (SSSR count). The summed E-state index contributed by atoms with van der Waals surface area (Å²) in [6.45, 7) is 0.449. The summed E-state index contributed by atoms with van der Waals surface area (Å²) in [7, 11) is 0. The van der Waals surface area contributed by atoms with E-state index in [2.05, 4.69) is 45.2 Å². The van der Waals surface area contributed by atoms with Gasteiger partial charge in [0.15, 0.2) is 0 Å². The molecule has 0 fully saturated rings. The van der Waals surface area contributed by atoms with Crippen LogP contribution in [0.4, 0.5) is 4.79 Å². The van der Waals surface area contributed by atoms with E-state index >= 15 is 0 Å². The van der Waals surface area contributed by atoms with Crippen molar-refractivity contribution in [2.75, 3.05) is 0 Å². The fourth-order valence-electron chi connectivity index (χ4n) is 1.49. The Balaban J connectivity index is 1.75. The summed E-state index contributed by atoms with van der Waals surface area (Å²) in [5.74, 6) is 0. The van der Waals surface area contributed by atoms with Gasteiger partial charge in [-0.1, -0.05) is 24.3 Å². The molecule has 0 atom stereocenters. The van der Waals surface area contributed by atoms with Gasteiger partial charge in [0.25, 0.3) is 0 Å². The SMILES string of the molecule is O=C(OCc1ccc(I)cc1)OCc1ccc(I)cc1. The van der Waals surface area contributed by atoms with Gasteiger partial charge in [0.05, 0.1) is 0 Å². The van der Waals surface area contributed by atoms with Crippen LogP contribution < -0.4 is 0 Å². The number of ether oxygens (including phenoxy) is 2. The van der Waals surface area contributed by atoms with Crippen molar-refractivity contribution in [3.8, 4) is 0 Å².